The van der Waals surface area contributed by atoms with Crippen molar-refractivity contribution in [1.82, 2.24) is 15.2 Å². The van der Waals surface area contributed by atoms with Gasteiger partial charge in [-0.1, -0.05) is 15.9 Å². The molecule has 8 heteroatoms. The quantitative estimate of drug-likeness (QED) is 0.896. The van der Waals surface area contributed by atoms with E-state index in [0.29, 0.717) is 0 Å². The Hall–Kier alpha value is -1.41. The normalized spacial score (nSPS) is 11.3. The number of anilines is 1. The van der Waals surface area contributed by atoms with Crippen LogP contribution in [0.15, 0.2) is 40.1 Å². The highest BCUT2D eigenvalue weighted by Gasteiger charge is 2.15. The number of nitrogens with zero attached hydrogens (tertiary/aromatic N) is 2. The summed E-state index contributed by atoms with van der Waals surface area (Å²) in [4.78, 5) is 3.95. The van der Waals surface area contributed by atoms with Gasteiger partial charge in [0.25, 0.3) is 10.0 Å². The molecule has 16 heavy (non-hydrogen) atoms. The van der Waals surface area contributed by atoms with Crippen LogP contribution < -0.4 is 4.72 Å². The molecular formula is C8H7BrN4O2S. The summed E-state index contributed by atoms with van der Waals surface area (Å²) in [6.45, 7) is 0. The first-order valence-corrected chi connectivity index (χ1v) is 6.49. The third-order valence-corrected chi connectivity index (χ3v) is 3.56. The van der Waals surface area contributed by atoms with Crippen LogP contribution >= 0.6 is 15.9 Å². The van der Waals surface area contributed by atoms with Crippen LogP contribution in [0.25, 0.3) is 0 Å². The largest absolute Gasteiger partial charge is 0.284 e. The molecule has 2 aromatic rings. The van der Waals surface area contributed by atoms with Crippen molar-refractivity contribution in [2.45, 2.75) is 4.90 Å². The van der Waals surface area contributed by atoms with Crippen LogP contribution in [0.4, 0.5) is 5.82 Å². The standard InChI is InChI=1S/C8H7BrN4O2S/c9-6-1-2-10-8(3-6)13-16(14,15)7-4-11-12-5-7/h1-5H,(H,10,13)(H,11,12). The number of aromatic nitrogens is 3. The van der Waals surface area contributed by atoms with E-state index in [0.717, 1.165) is 4.47 Å². The number of sulfonamides is 1. The molecule has 0 radical (unpaired) electrons. The van der Waals surface area contributed by atoms with Gasteiger partial charge in [-0.05, 0) is 12.1 Å². The average Bonchev–Trinajstić information content (AvgIpc) is 2.69. The Bertz CT molecular complexity index is 582. The van der Waals surface area contributed by atoms with Gasteiger partial charge in [-0.3, -0.25) is 9.82 Å². The maximum Gasteiger partial charge on any atom is 0.266 e. The molecule has 2 N–H and O–H groups in total. The van der Waals surface area contributed by atoms with Gasteiger partial charge in [-0.15, -0.1) is 0 Å². The second-order valence-electron chi connectivity index (χ2n) is 2.90. The highest BCUT2D eigenvalue weighted by molar-refractivity contribution is 9.10. The Morgan fingerprint density at radius 1 is 1.44 bits per heavy atom. The first kappa shape index (κ1) is 11.1. The summed E-state index contributed by atoms with van der Waals surface area (Å²) in [5.41, 5.74) is 0. The van der Waals surface area contributed by atoms with E-state index in [-0.39, 0.29) is 10.7 Å². The molecule has 6 nitrogen and oxygen atoms in total. The second-order valence-corrected chi connectivity index (χ2v) is 5.50. The zero-order valence-electron chi connectivity index (χ0n) is 7.88. The average molecular weight is 303 g/mol. The molecule has 0 saturated carbocycles. The molecule has 2 aromatic heterocycles. The van der Waals surface area contributed by atoms with Crippen molar-refractivity contribution >= 4 is 31.8 Å². The summed E-state index contributed by atoms with van der Waals surface area (Å²) < 4.78 is 26.6. The fraction of sp³-hybridized carbons (Fsp3) is 0. The van der Waals surface area contributed by atoms with E-state index in [1.165, 1.54) is 18.6 Å². The number of hydrogen-bond donors (Lipinski definition) is 2. The number of rotatable bonds is 3. The van der Waals surface area contributed by atoms with Crippen LogP contribution in [-0.4, -0.2) is 23.6 Å². The van der Waals surface area contributed by atoms with E-state index in [1.807, 2.05) is 0 Å². The number of H-pyrrole nitrogens is 1. The zero-order valence-corrected chi connectivity index (χ0v) is 10.3. The maximum atomic E-state index is 11.7. The summed E-state index contributed by atoms with van der Waals surface area (Å²) in [5.74, 6) is 0.246. The lowest BCUT2D eigenvalue weighted by Gasteiger charge is -2.04. The van der Waals surface area contributed by atoms with Gasteiger partial charge >= 0.3 is 0 Å². The molecule has 0 aromatic carbocycles. The SMILES string of the molecule is O=S(=O)(Nc1cc(Br)ccn1)c1cn[nH]c1. The van der Waals surface area contributed by atoms with Gasteiger partial charge in [0.1, 0.15) is 10.7 Å². The Morgan fingerprint density at radius 2 is 2.25 bits per heavy atom. The minimum absolute atomic E-state index is 0.0641. The van der Waals surface area contributed by atoms with Gasteiger partial charge in [0.2, 0.25) is 0 Å². The molecule has 0 aliphatic heterocycles. The van der Waals surface area contributed by atoms with Crippen LogP contribution in [-0.2, 0) is 10.0 Å². The molecule has 0 unspecified atom stereocenters. The first-order valence-electron chi connectivity index (χ1n) is 4.21. The van der Waals surface area contributed by atoms with Crippen LogP contribution in [0.3, 0.4) is 0 Å². The lowest BCUT2D eigenvalue weighted by molar-refractivity contribution is 0.601. The molecule has 2 heterocycles. The third kappa shape index (κ3) is 2.39. The molecule has 0 atom stereocenters. The summed E-state index contributed by atoms with van der Waals surface area (Å²) in [5, 5.41) is 6.01. The van der Waals surface area contributed by atoms with Crippen LogP contribution in [0.5, 0.6) is 0 Å². The Labute approximate surface area is 100 Å². The van der Waals surface area contributed by atoms with E-state index in [9.17, 15) is 8.42 Å². The van der Waals surface area contributed by atoms with Crippen molar-refractivity contribution in [3.05, 3.63) is 35.2 Å². The van der Waals surface area contributed by atoms with Gasteiger partial charge in [-0.25, -0.2) is 13.4 Å². The van der Waals surface area contributed by atoms with Crippen molar-refractivity contribution in [1.29, 1.82) is 0 Å². The number of aromatic amines is 1. The predicted octanol–water partition coefficient (Wildman–Crippen LogP) is 1.37. The lowest BCUT2D eigenvalue weighted by atomic mass is 10.5. The van der Waals surface area contributed by atoms with Gasteiger partial charge < -0.3 is 0 Å². The molecule has 0 aliphatic carbocycles. The summed E-state index contributed by atoms with van der Waals surface area (Å²) in [6.07, 6.45) is 4.01. The van der Waals surface area contributed by atoms with E-state index in [1.54, 1.807) is 12.1 Å². The molecule has 0 spiro atoms. The van der Waals surface area contributed by atoms with Gasteiger partial charge in [0.15, 0.2) is 0 Å². The predicted molar refractivity (Wildman–Crippen MR) is 61.3 cm³/mol. The smallest absolute Gasteiger partial charge is 0.266 e. The van der Waals surface area contributed by atoms with E-state index in [4.69, 9.17) is 0 Å². The number of pyridine rings is 1. The van der Waals surface area contributed by atoms with E-state index >= 15 is 0 Å². The van der Waals surface area contributed by atoms with E-state index < -0.39 is 10.0 Å². The highest BCUT2D eigenvalue weighted by atomic mass is 79.9. The third-order valence-electron chi connectivity index (χ3n) is 1.74. The van der Waals surface area contributed by atoms with Crippen LogP contribution in [0.1, 0.15) is 0 Å². The number of nitrogens with one attached hydrogen (secondary N) is 2. The Balaban J connectivity index is 2.29. The van der Waals surface area contributed by atoms with Crippen molar-refractivity contribution in [2.24, 2.45) is 0 Å². The molecule has 2 rings (SSSR count). The maximum absolute atomic E-state index is 11.7. The first-order chi connectivity index (χ1) is 7.58. The number of halogens is 1. The Morgan fingerprint density at radius 3 is 2.88 bits per heavy atom. The minimum Gasteiger partial charge on any atom is -0.284 e. The van der Waals surface area contributed by atoms with Crippen molar-refractivity contribution in [2.75, 3.05) is 4.72 Å². The monoisotopic (exact) mass is 302 g/mol. The van der Waals surface area contributed by atoms with Gasteiger partial charge in [-0.2, -0.15) is 5.10 Å². The molecular weight excluding hydrogens is 296 g/mol. The van der Waals surface area contributed by atoms with Crippen molar-refractivity contribution in [3.63, 3.8) is 0 Å². The summed E-state index contributed by atoms with van der Waals surface area (Å²) in [7, 11) is -3.61. The lowest BCUT2D eigenvalue weighted by Crippen LogP contribution is -2.13. The van der Waals surface area contributed by atoms with Gasteiger partial charge in [0.05, 0.1) is 6.20 Å². The van der Waals surface area contributed by atoms with Crippen LogP contribution in [0.2, 0.25) is 0 Å². The highest BCUT2D eigenvalue weighted by Crippen LogP contribution is 2.16. The zero-order chi connectivity index (χ0) is 11.6. The van der Waals surface area contributed by atoms with Crippen molar-refractivity contribution < 1.29 is 8.42 Å². The molecule has 0 aliphatic rings. The molecule has 0 saturated heterocycles. The summed E-state index contributed by atoms with van der Waals surface area (Å²) in [6, 6.07) is 3.27. The van der Waals surface area contributed by atoms with E-state index in [2.05, 4.69) is 35.8 Å². The minimum atomic E-state index is -3.61. The fourth-order valence-corrected chi connectivity index (χ4v) is 2.28. The topological polar surface area (TPSA) is 87.7 Å². The van der Waals surface area contributed by atoms with Crippen molar-refractivity contribution in [3.8, 4) is 0 Å². The van der Waals surface area contributed by atoms with Gasteiger partial charge in [0, 0.05) is 16.9 Å². The molecule has 0 amide bonds. The molecule has 84 valence electrons. The van der Waals surface area contributed by atoms with Crippen LogP contribution in [0, 0.1) is 0 Å². The fourth-order valence-electron chi connectivity index (χ4n) is 1.04. The second kappa shape index (κ2) is 4.22. The molecule has 0 bridgehead atoms. The molecule has 0 fully saturated rings. The summed E-state index contributed by atoms with van der Waals surface area (Å²) >= 11 is 3.23. The number of hydrogen-bond acceptors (Lipinski definition) is 4. The Kier molecular flexibility index (Phi) is 2.92.